The van der Waals surface area contributed by atoms with Crippen LogP contribution in [0.15, 0.2) is 53.6 Å². The van der Waals surface area contributed by atoms with Crippen LogP contribution in [0.25, 0.3) is 0 Å². The molecule has 2 aromatic carbocycles. The third-order valence-electron chi connectivity index (χ3n) is 3.06. The van der Waals surface area contributed by atoms with Gasteiger partial charge in [0.25, 0.3) is 5.91 Å². The van der Waals surface area contributed by atoms with Gasteiger partial charge in [0.15, 0.2) is 6.61 Å². The van der Waals surface area contributed by atoms with Crippen LogP contribution >= 0.6 is 11.6 Å². The molecule has 0 aliphatic rings. The standard InChI is InChI=1S/C17H15ClN2O4/c1-11(12-5-4-6-13(9-12)24-10-16(21)22)19-20-17(23)14-7-2-3-8-15(14)18/h2-9H,10H2,1H3,(H,20,23)(H,21,22)/b19-11-. The largest absolute Gasteiger partial charge is 0.482 e. The third-order valence-corrected chi connectivity index (χ3v) is 3.39. The summed E-state index contributed by atoms with van der Waals surface area (Å²) in [5.41, 5.74) is 4.00. The number of ether oxygens (including phenoxy) is 1. The van der Waals surface area contributed by atoms with Gasteiger partial charge in [0, 0.05) is 5.56 Å². The van der Waals surface area contributed by atoms with Crippen molar-refractivity contribution in [2.75, 3.05) is 6.61 Å². The minimum absolute atomic E-state index is 0.328. The number of hydrogen-bond acceptors (Lipinski definition) is 4. The molecule has 0 aliphatic carbocycles. The first-order chi connectivity index (χ1) is 11.5. The summed E-state index contributed by atoms with van der Waals surface area (Å²) in [6, 6.07) is 13.4. The first-order valence-corrected chi connectivity index (χ1v) is 7.39. The molecular formula is C17H15ClN2O4. The van der Waals surface area contributed by atoms with Crippen LogP contribution in [0.4, 0.5) is 0 Å². The average molecular weight is 347 g/mol. The first kappa shape index (κ1) is 17.5. The van der Waals surface area contributed by atoms with Crippen molar-refractivity contribution in [3.63, 3.8) is 0 Å². The Morgan fingerprint density at radius 3 is 2.67 bits per heavy atom. The Hall–Kier alpha value is -2.86. The number of nitrogens with one attached hydrogen (secondary N) is 1. The van der Waals surface area contributed by atoms with Crippen molar-refractivity contribution in [1.82, 2.24) is 5.43 Å². The van der Waals surface area contributed by atoms with Gasteiger partial charge in [0.2, 0.25) is 0 Å². The molecule has 0 radical (unpaired) electrons. The molecule has 6 nitrogen and oxygen atoms in total. The lowest BCUT2D eigenvalue weighted by Crippen LogP contribution is -2.19. The predicted molar refractivity (Wildman–Crippen MR) is 90.7 cm³/mol. The maximum atomic E-state index is 12.1. The molecule has 0 aliphatic heterocycles. The number of benzene rings is 2. The average Bonchev–Trinajstić information content (AvgIpc) is 2.58. The molecule has 0 spiro atoms. The number of hydrazone groups is 1. The molecule has 7 heteroatoms. The monoisotopic (exact) mass is 346 g/mol. The minimum Gasteiger partial charge on any atom is -0.482 e. The molecule has 2 rings (SSSR count). The number of rotatable bonds is 6. The summed E-state index contributed by atoms with van der Waals surface area (Å²) in [4.78, 5) is 22.6. The molecule has 0 atom stereocenters. The molecule has 0 unspecified atom stereocenters. The van der Waals surface area contributed by atoms with Gasteiger partial charge in [0.1, 0.15) is 5.75 Å². The predicted octanol–water partition coefficient (Wildman–Crippen LogP) is 2.96. The summed E-state index contributed by atoms with van der Waals surface area (Å²) in [6.45, 7) is 1.28. The lowest BCUT2D eigenvalue weighted by Gasteiger charge is -2.07. The van der Waals surface area contributed by atoms with E-state index in [2.05, 4.69) is 10.5 Å². The van der Waals surface area contributed by atoms with E-state index in [1.807, 2.05) is 0 Å². The highest BCUT2D eigenvalue weighted by Gasteiger charge is 2.09. The van der Waals surface area contributed by atoms with E-state index in [4.69, 9.17) is 21.4 Å². The minimum atomic E-state index is -1.06. The van der Waals surface area contributed by atoms with Gasteiger partial charge in [-0.25, -0.2) is 10.2 Å². The summed E-state index contributed by atoms with van der Waals surface area (Å²) >= 11 is 5.96. The number of amides is 1. The number of carbonyl (C=O) groups is 2. The van der Waals surface area contributed by atoms with E-state index >= 15 is 0 Å². The Kier molecular flexibility index (Phi) is 5.92. The van der Waals surface area contributed by atoms with Crippen LogP contribution in [0.2, 0.25) is 5.02 Å². The maximum Gasteiger partial charge on any atom is 0.341 e. The molecule has 0 saturated heterocycles. The second-order valence-electron chi connectivity index (χ2n) is 4.83. The summed E-state index contributed by atoms with van der Waals surface area (Å²) < 4.78 is 5.11. The molecule has 0 bridgehead atoms. The van der Waals surface area contributed by atoms with Gasteiger partial charge in [-0.05, 0) is 31.2 Å². The van der Waals surface area contributed by atoms with E-state index < -0.39 is 18.5 Å². The molecular weight excluding hydrogens is 332 g/mol. The first-order valence-electron chi connectivity index (χ1n) is 7.01. The van der Waals surface area contributed by atoms with Crippen molar-refractivity contribution < 1.29 is 19.4 Å². The van der Waals surface area contributed by atoms with Crippen LogP contribution in [0, 0.1) is 0 Å². The van der Waals surface area contributed by atoms with Gasteiger partial charge < -0.3 is 9.84 Å². The zero-order chi connectivity index (χ0) is 17.5. The van der Waals surface area contributed by atoms with Crippen molar-refractivity contribution in [2.45, 2.75) is 6.92 Å². The van der Waals surface area contributed by atoms with Gasteiger partial charge in [0.05, 0.1) is 16.3 Å². The number of carbonyl (C=O) groups excluding carboxylic acids is 1. The van der Waals surface area contributed by atoms with Gasteiger partial charge in [-0.3, -0.25) is 4.79 Å². The van der Waals surface area contributed by atoms with Crippen molar-refractivity contribution in [3.05, 3.63) is 64.7 Å². The highest BCUT2D eigenvalue weighted by molar-refractivity contribution is 6.33. The molecule has 1 amide bonds. The lowest BCUT2D eigenvalue weighted by molar-refractivity contribution is -0.139. The fourth-order valence-electron chi connectivity index (χ4n) is 1.86. The van der Waals surface area contributed by atoms with Crippen LogP contribution in [-0.2, 0) is 4.79 Å². The van der Waals surface area contributed by atoms with E-state index in [1.165, 1.54) is 0 Å². The molecule has 24 heavy (non-hydrogen) atoms. The van der Waals surface area contributed by atoms with Crippen molar-refractivity contribution >= 4 is 29.2 Å². The maximum absolute atomic E-state index is 12.1. The van der Waals surface area contributed by atoms with Crippen molar-refractivity contribution in [1.29, 1.82) is 0 Å². The summed E-state index contributed by atoms with van der Waals surface area (Å²) in [6.07, 6.45) is 0. The molecule has 2 aromatic rings. The molecule has 0 heterocycles. The summed E-state index contributed by atoms with van der Waals surface area (Å²) in [7, 11) is 0. The Morgan fingerprint density at radius 1 is 1.21 bits per heavy atom. The van der Waals surface area contributed by atoms with Crippen LogP contribution in [0.1, 0.15) is 22.8 Å². The quantitative estimate of drug-likeness (QED) is 0.621. The zero-order valence-electron chi connectivity index (χ0n) is 12.8. The highest BCUT2D eigenvalue weighted by Crippen LogP contribution is 2.15. The van der Waals surface area contributed by atoms with Crippen molar-refractivity contribution in [3.8, 4) is 5.75 Å². The number of nitrogens with zero attached hydrogens (tertiary/aromatic N) is 1. The van der Waals surface area contributed by atoms with E-state index in [0.717, 1.165) is 0 Å². The van der Waals surface area contributed by atoms with Gasteiger partial charge in [-0.2, -0.15) is 5.10 Å². The number of halogens is 1. The van der Waals surface area contributed by atoms with Gasteiger partial charge in [-0.15, -0.1) is 0 Å². The van der Waals surface area contributed by atoms with Crippen LogP contribution in [0.5, 0.6) is 5.75 Å². The van der Waals surface area contributed by atoms with Gasteiger partial charge in [-0.1, -0.05) is 35.9 Å². The normalized spacial score (nSPS) is 11.0. The molecule has 0 fully saturated rings. The second kappa shape index (κ2) is 8.12. The molecule has 124 valence electrons. The fraction of sp³-hybridized carbons (Fsp3) is 0.118. The Balaban J connectivity index is 2.08. The molecule has 0 aromatic heterocycles. The van der Waals surface area contributed by atoms with Crippen LogP contribution in [-0.4, -0.2) is 29.3 Å². The summed E-state index contributed by atoms with van der Waals surface area (Å²) in [5, 5.41) is 13.0. The number of aliphatic carboxylic acids is 1. The number of carboxylic acid groups (broad SMARTS) is 1. The Bertz CT molecular complexity index is 790. The second-order valence-corrected chi connectivity index (χ2v) is 5.24. The Morgan fingerprint density at radius 2 is 1.96 bits per heavy atom. The number of hydrogen-bond donors (Lipinski definition) is 2. The van der Waals surface area contributed by atoms with E-state index in [-0.39, 0.29) is 0 Å². The molecule has 2 N–H and O–H groups in total. The number of carboxylic acids is 1. The fourth-order valence-corrected chi connectivity index (χ4v) is 2.08. The van der Waals surface area contributed by atoms with Crippen molar-refractivity contribution in [2.24, 2.45) is 5.10 Å². The van der Waals surface area contributed by atoms with E-state index in [0.29, 0.717) is 27.6 Å². The smallest absolute Gasteiger partial charge is 0.341 e. The lowest BCUT2D eigenvalue weighted by atomic mass is 10.1. The molecule has 0 saturated carbocycles. The van der Waals surface area contributed by atoms with E-state index in [9.17, 15) is 9.59 Å². The van der Waals surface area contributed by atoms with E-state index in [1.54, 1.807) is 55.5 Å². The highest BCUT2D eigenvalue weighted by atomic mass is 35.5. The zero-order valence-corrected chi connectivity index (χ0v) is 13.6. The SMILES string of the molecule is C/C(=N/NC(=O)c1ccccc1Cl)c1cccc(OCC(=O)O)c1. The third kappa shape index (κ3) is 4.82. The van der Waals surface area contributed by atoms with Crippen LogP contribution in [0.3, 0.4) is 0 Å². The summed E-state index contributed by atoms with van der Waals surface area (Å²) in [5.74, 6) is -1.07. The van der Waals surface area contributed by atoms with Crippen LogP contribution < -0.4 is 10.2 Å². The topological polar surface area (TPSA) is 88.0 Å². The van der Waals surface area contributed by atoms with Gasteiger partial charge >= 0.3 is 5.97 Å². The Labute approximate surface area is 143 Å².